The number of carbonyl (C=O) groups is 2. The second kappa shape index (κ2) is 11.3. The van der Waals surface area contributed by atoms with Gasteiger partial charge in [0.05, 0.1) is 18.6 Å². The van der Waals surface area contributed by atoms with Crippen LogP contribution in [0.5, 0.6) is 0 Å². The van der Waals surface area contributed by atoms with Gasteiger partial charge in [-0.2, -0.15) is 0 Å². The molecule has 1 aliphatic heterocycles. The Morgan fingerprint density at radius 2 is 1.92 bits per heavy atom. The van der Waals surface area contributed by atoms with Crippen molar-refractivity contribution in [3.8, 4) is 0 Å². The summed E-state index contributed by atoms with van der Waals surface area (Å²) in [5.74, 6) is -1.04. The van der Waals surface area contributed by atoms with Crippen molar-refractivity contribution < 1.29 is 29.3 Å². The van der Waals surface area contributed by atoms with Gasteiger partial charge in [-0.1, -0.05) is 38.5 Å². The molecule has 0 aromatic rings. The van der Waals surface area contributed by atoms with Crippen molar-refractivity contribution in [2.24, 2.45) is 11.8 Å². The Balaban J connectivity index is 3.04. The Bertz CT molecular complexity index is 512. The summed E-state index contributed by atoms with van der Waals surface area (Å²) in [6.45, 7) is 5.49. The van der Waals surface area contributed by atoms with Crippen molar-refractivity contribution in [3.05, 3.63) is 24.3 Å². The van der Waals surface area contributed by atoms with Crippen molar-refractivity contribution in [1.29, 1.82) is 0 Å². The predicted octanol–water partition coefficient (Wildman–Crippen LogP) is 2.18. The molecular weight excluding hydrogens is 336 g/mol. The van der Waals surface area contributed by atoms with E-state index in [2.05, 4.69) is 0 Å². The van der Waals surface area contributed by atoms with E-state index in [1.165, 1.54) is 13.2 Å². The summed E-state index contributed by atoms with van der Waals surface area (Å²) in [7, 11) is 1.39. The molecule has 0 aromatic heterocycles. The first-order chi connectivity index (χ1) is 12.3. The van der Waals surface area contributed by atoms with Gasteiger partial charge in [0.2, 0.25) is 0 Å². The van der Waals surface area contributed by atoms with Crippen molar-refractivity contribution in [2.45, 2.75) is 70.9 Å². The van der Waals surface area contributed by atoms with Crippen LogP contribution in [-0.2, 0) is 19.1 Å². The third kappa shape index (κ3) is 7.02. The Kier molecular flexibility index (Phi) is 9.76. The zero-order chi connectivity index (χ0) is 19.7. The molecule has 0 aliphatic carbocycles. The molecule has 0 aromatic carbocycles. The number of ether oxygens (including phenoxy) is 2. The number of hydrogen-bond donors (Lipinski definition) is 2. The number of rotatable bonds is 2. The van der Waals surface area contributed by atoms with Gasteiger partial charge in [-0.05, 0) is 25.3 Å². The molecule has 0 spiro atoms. The molecule has 0 saturated carbocycles. The number of methoxy groups -OCH3 is 1. The second-order valence-corrected chi connectivity index (χ2v) is 6.99. The van der Waals surface area contributed by atoms with Gasteiger partial charge in [0.25, 0.3) is 0 Å². The maximum atomic E-state index is 12.2. The monoisotopic (exact) mass is 368 g/mol. The Morgan fingerprint density at radius 1 is 1.23 bits per heavy atom. The third-order valence-electron chi connectivity index (χ3n) is 4.82. The quantitative estimate of drug-likeness (QED) is 0.726. The fourth-order valence-electron chi connectivity index (χ4n) is 3.18. The highest BCUT2D eigenvalue weighted by Gasteiger charge is 2.35. The molecule has 148 valence electrons. The van der Waals surface area contributed by atoms with Gasteiger partial charge < -0.3 is 19.7 Å². The van der Waals surface area contributed by atoms with Crippen molar-refractivity contribution in [2.75, 3.05) is 7.11 Å². The number of ketones is 1. The molecular formula is C20H32O6. The molecule has 0 radical (unpaired) electrons. The van der Waals surface area contributed by atoms with Crippen LogP contribution in [0, 0.1) is 11.8 Å². The molecule has 0 amide bonds. The van der Waals surface area contributed by atoms with Crippen molar-refractivity contribution in [3.63, 3.8) is 0 Å². The SMILES string of the molecule is CC[C@@H]1C[C@H](C)C(=O)/C=C\C=C/C[C@H](C)OC(=O)C[C@H](O)[C@@H](OC)[C@H]1O. The first-order valence-corrected chi connectivity index (χ1v) is 9.25. The number of cyclic esters (lactones) is 1. The summed E-state index contributed by atoms with van der Waals surface area (Å²) in [5.41, 5.74) is 0. The van der Waals surface area contributed by atoms with Gasteiger partial charge in [0, 0.05) is 19.4 Å². The molecule has 0 bridgehead atoms. The van der Waals surface area contributed by atoms with Gasteiger partial charge in [-0.25, -0.2) is 0 Å². The third-order valence-corrected chi connectivity index (χ3v) is 4.82. The number of esters is 1. The largest absolute Gasteiger partial charge is 0.462 e. The normalized spacial score (nSPS) is 37.8. The molecule has 6 nitrogen and oxygen atoms in total. The lowest BCUT2D eigenvalue weighted by atomic mass is 9.83. The molecule has 0 unspecified atom stereocenters. The fourth-order valence-corrected chi connectivity index (χ4v) is 3.18. The molecule has 0 saturated heterocycles. The zero-order valence-electron chi connectivity index (χ0n) is 16.1. The maximum absolute atomic E-state index is 12.2. The number of hydrogen-bond acceptors (Lipinski definition) is 6. The van der Waals surface area contributed by atoms with E-state index < -0.39 is 24.3 Å². The van der Waals surface area contributed by atoms with Gasteiger partial charge >= 0.3 is 5.97 Å². The van der Waals surface area contributed by atoms with E-state index in [-0.39, 0.29) is 30.1 Å². The van der Waals surface area contributed by atoms with E-state index in [0.29, 0.717) is 19.3 Å². The minimum absolute atomic E-state index is 0.0126. The number of carbonyl (C=O) groups excluding carboxylic acids is 2. The van der Waals surface area contributed by atoms with Crippen LogP contribution in [0.2, 0.25) is 0 Å². The van der Waals surface area contributed by atoms with Crippen molar-refractivity contribution >= 4 is 11.8 Å². The molecule has 6 atom stereocenters. The second-order valence-electron chi connectivity index (χ2n) is 6.99. The molecule has 1 heterocycles. The summed E-state index contributed by atoms with van der Waals surface area (Å²) in [6, 6.07) is 0. The fraction of sp³-hybridized carbons (Fsp3) is 0.700. The lowest BCUT2D eigenvalue weighted by Gasteiger charge is -2.32. The van der Waals surface area contributed by atoms with Crippen LogP contribution < -0.4 is 0 Å². The molecule has 1 aliphatic rings. The van der Waals surface area contributed by atoms with E-state index in [9.17, 15) is 19.8 Å². The van der Waals surface area contributed by atoms with Crippen molar-refractivity contribution in [1.82, 2.24) is 0 Å². The van der Waals surface area contributed by atoms with Gasteiger partial charge in [0.1, 0.15) is 12.2 Å². The smallest absolute Gasteiger partial charge is 0.308 e. The van der Waals surface area contributed by atoms with Gasteiger partial charge in [0.15, 0.2) is 5.78 Å². The average Bonchev–Trinajstić information content (AvgIpc) is 2.58. The number of allylic oxidation sites excluding steroid dienone is 3. The Labute approximate surface area is 155 Å². The summed E-state index contributed by atoms with van der Waals surface area (Å²) in [4.78, 5) is 24.3. The minimum Gasteiger partial charge on any atom is -0.462 e. The Morgan fingerprint density at radius 3 is 2.54 bits per heavy atom. The van der Waals surface area contributed by atoms with Gasteiger partial charge in [-0.3, -0.25) is 9.59 Å². The minimum atomic E-state index is -1.18. The highest BCUT2D eigenvalue weighted by atomic mass is 16.5. The summed E-state index contributed by atoms with van der Waals surface area (Å²) >= 11 is 0. The molecule has 2 N–H and O–H groups in total. The first kappa shape index (κ1) is 22.5. The van der Waals surface area contributed by atoms with Crippen LogP contribution in [0.1, 0.15) is 46.5 Å². The topological polar surface area (TPSA) is 93.1 Å². The molecule has 1 rings (SSSR count). The van der Waals surface area contributed by atoms with E-state index in [1.54, 1.807) is 19.1 Å². The Hall–Kier alpha value is -1.50. The van der Waals surface area contributed by atoms with E-state index in [1.807, 2.05) is 19.9 Å². The lowest BCUT2D eigenvalue weighted by molar-refractivity contribution is -0.156. The highest BCUT2D eigenvalue weighted by Crippen LogP contribution is 2.25. The summed E-state index contributed by atoms with van der Waals surface area (Å²) < 4.78 is 10.5. The molecule has 0 fully saturated rings. The van der Waals surface area contributed by atoms with Crippen LogP contribution >= 0.6 is 0 Å². The predicted molar refractivity (Wildman–Crippen MR) is 98.4 cm³/mol. The standard InChI is InChI=1S/C20H32O6/c1-5-15-11-13(2)16(21)10-8-6-7-9-14(3)26-18(23)12-17(22)20(25-4)19(15)24/h6-8,10,13-15,17,19-20,22,24H,5,9,11-12H2,1-4H3/b7-6-,10-8-/t13-,14-,15+,17-,19-,20+/m0/s1. The number of aliphatic hydroxyl groups is 2. The molecule has 6 heteroatoms. The van der Waals surface area contributed by atoms with E-state index in [4.69, 9.17) is 9.47 Å². The average molecular weight is 368 g/mol. The van der Waals surface area contributed by atoms with E-state index >= 15 is 0 Å². The van der Waals surface area contributed by atoms with Crippen LogP contribution in [-0.4, -0.2) is 53.5 Å². The summed E-state index contributed by atoms with van der Waals surface area (Å²) in [5, 5.41) is 21.0. The van der Waals surface area contributed by atoms with Crippen LogP contribution in [0.15, 0.2) is 24.3 Å². The zero-order valence-corrected chi connectivity index (χ0v) is 16.1. The first-order valence-electron chi connectivity index (χ1n) is 9.25. The maximum Gasteiger partial charge on any atom is 0.308 e. The number of aliphatic hydroxyl groups excluding tert-OH is 2. The van der Waals surface area contributed by atoms with Crippen LogP contribution in [0.3, 0.4) is 0 Å². The van der Waals surface area contributed by atoms with Crippen LogP contribution in [0.25, 0.3) is 0 Å². The van der Waals surface area contributed by atoms with E-state index in [0.717, 1.165) is 0 Å². The summed E-state index contributed by atoms with van der Waals surface area (Å²) in [6.07, 6.45) is 4.67. The van der Waals surface area contributed by atoms with Gasteiger partial charge in [-0.15, -0.1) is 0 Å². The highest BCUT2D eigenvalue weighted by molar-refractivity contribution is 5.91. The lowest BCUT2D eigenvalue weighted by Crippen LogP contribution is -2.45. The molecule has 26 heavy (non-hydrogen) atoms. The van der Waals surface area contributed by atoms with Crippen LogP contribution in [0.4, 0.5) is 0 Å².